The number of esters is 1. The van der Waals surface area contributed by atoms with Crippen LogP contribution in [-0.4, -0.2) is 31.2 Å². The van der Waals surface area contributed by atoms with E-state index < -0.39 is 0 Å². The van der Waals surface area contributed by atoms with E-state index in [0.717, 1.165) is 11.3 Å². The van der Waals surface area contributed by atoms with Gasteiger partial charge in [0.15, 0.2) is 0 Å². The van der Waals surface area contributed by atoms with Crippen LogP contribution in [0.3, 0.4) is 0 Å². The number of thiocarbonyl (C=S) groups is 1. The van der Waals surface area contributed by atoms with Crippen LogP contribution in [-0.2, 0) is 9.53 Å². The molecule has 0 fully saturated rings. The molecule has 0 bridgehead atoms. The van der Waals surface area contributed by atoms with Crippen LogP contribution in [0.5, 0.6) is 0 Å². The Morgan fingerprint density at radius 1 is 1.53 bits per heavy atom. The number of carbonyl (C=O) groups excluding carboxylic acids is 1. The van der Waals surface area contributed by atoms with Gasteiger partial charge >= 0.3 is 5.97 Å². The minimum atomic E-state index is -0.228. The number of halogens is 1. The molecule has 0 aliphatic rings. The Bertz CT molecular complexity index is 480. The number of hydrogen-bond donors (Lipinski definition) is 1. The third-order valence-corrected chi connectivity index (χ3v) is 3.05. The zero-order valence-electron chi connectivity index (χ0n) is 11.0. The van der Waals surface area contributed by atoms with E-state index in [1.807, 2.05) is 11.9 Å². The lowest BCUT2D eigenvalue weighted by atomic mass is 10.1. The summed E-state index contributed by atoms with van der Waals surface area (Å²) in [5, 5.41) is 0.595. The van der Waals surface area contributed by atoms with Crippen molar-refractivity contribution in [3.63, 3.8) is 0 Å². The van der Waals surface area contributed by atoms with Crippen molar-refractivity contribution in [3.8, 4) is 0 Å². The van der Waals surface area contributed by atoms with Crippen LogP contribution in [0.25, 0.3) is 0 Å². The molecule has 104 valence electrons. The molecule has 0 atom stereocenters. The summed E-state index contributed by atoms with van der Waals surface area (Å²) in [5.74, 6) is -0.228. The van der Waals surface area contributed by atoms with Crippen molar-refractivity contribution in [1.29, 1.82) is 0 Å². The number of carbonyl (C=O) groups is 1. The Balaban J connectivity index is 2.80. The fourth-order valence-electron chi connectivity index (χ4n) is 1.64. The van der Waals surface area contributed by atoms with Gasteiger partial charge in [-0.1, -0.05) is 23.8 Å². The quantitative estimate of drug-likeness (QED) is 0.646. The summed E-state index contributed by atoms with van der Waals surface area (Å²) in [7, 11) is 1.85. The Morgan fingerprint density at radius 3 is 2.79 bits per heavy atom. The fourth-order valence-corrected chi connectivity index (χ4v) is 1.98. The van der Waals surface area contributed by atoms with Crippen LogP contribution in [0.1, 0.15) is 18.9 Å². The number of rotatable bonds is 6. The predicted molar refractivity (Wildman–Crippen MR) is 81.9 cm³/mol. The number of ether oxygens (including phenoxy) is 1. The largest absolute Gasteiger partial charge is 0.466 e. The monoisotopic (exact) mass is 300 g/mol. The maximum atomic E-state index is 11.3. The van der Waals surface area contributed by atoms with E-state index in [4.69, 9.17) is 34.3 Å². The highest BCUT2D eigenvalue weighted by atomic mass is 35.5. The first-order valence-corrected chi connectivity index (χ1v) is 6.70. The number of nitrogens with zero attached hydrogens (tertiary/aromatic N) is 1. The summed E-state index contributed by atoms with van der Waals surface area (Å²) in [5.41, 5.74) is 7.23. The zero-order chi connectivity index (χ0) is 14.4. The van der Waals surface area contributed by atoms with Crippen molar-refractivity contribution in [2.75, 3.05) is 25.1 Å². The lowest BCUT2D eigenvalue weighted by molar-refractivity contribution is -0.142. The average molecular weight is 301 g/mol. The van der Waals surface area contributed by atoms with Crippen molar-refractivity contribution in [1.82, 2.24) is 0 Å². The van der Waals surface area contributed by atoms with Gasteiger partial charge in [-0.2, -0.15) is 0 Å². The van der Waals surface area contributed by atoms with Crippen LogP contribution in [0.15, 0.2) is 18.2 Å². The van der Waals surface area contributed by atoms with Crippen LogP contribution in [0.4, 0.5) is 5.69 Å². The molecule has 1 rings (SSSR count). The fraction of sp³-hybridized carbons (Fsp3) is 0.385. The van der Waals surface area contributed by atoms with Crippen molar-refractivity contribution >= 4 is 40.5 Å². The summed E-state index contributed by atoms with van der Waals surface area (Å²) in [6, 6.07) is 5.29. The van der Waals surface area contributed by atoms with Gasteiger partial charge in [0.05, 0.1) is 13.0 Å². The molecular weight excluding hydrogens is 284 g/mol. The normalized spacial score (nSPS) is 10.1. The second-order valence-corrected chi connectivity index (χ2v) is 4.88. The lowest BCUT2D eigenvalue weighted by Gasteiger charge is -2.22. The lowest BCUT2D eigenvalue weighted by Crippen LogP contribution is -2.25. The first-order chi connectivity index (χ1) is 8.95. The standard InChI is InChI=1S/C13H17ClN2O2S/c1-3-18-12(17)6-7-16(2)11-8-9(14)4-5-10(11)13(15)19/h4-5,8H,3,6-7H2,1-2H3,(H2,15,19). The molecule has 0 aromatic heterocycles. The Hall–Kier alpha value is -1.33. The number of nitrogens with two attached hydrogens (primary N) is 1. The van der Waals surface area contributed by atoms with Gasteiger partial charge in [0.2, 0.25) is 0 Å². The highest BCUT2D eigenvalue weighted by molar-refractivity contribution is 7.80. The third kappa shape index (κ3) is 4.69. The molecule has 0 aliphatic carbocycles. The van der Waals surface area contributed by atoms with Gasteiger partial charge in [-0.05, 0) is 25.1 Å². The molecule has 2 N–H and O–H groups in total. The van der Waals surface area contributed by atoms with Gasteiger partial charge in [0.25, 0.3) is 0 Å². The Kier molecular flexibility index (Phi) is 6.05. The van der Waals surface area contributed by atoms with Gasteiger partial charge < -0.3 is 15.4 Å². The second kappa shape index (κ2) is 7.31. The predicted octanol–water partition coefficient (Wildman–Crippen LogP) is 2.36. The third-order valence-electron chi connectivity index (χ3n) is 2.59. The minimum Gasteiger partial charge on any atom is -0.466 e. The van der Waals surface area contributed by atoms with Crippen molar-refractivity contribution < 1.29 is 9.53 Å². The number of anilines is 1. The van der Waals surface area contributed by atoms with Gasteiger partial charge in [-0.15, -0.1) is 0 Å². The molecule has 19 heavy (non-hydrogen) atoms. The molecule has 0 radical (unpaired) electrons. The molecule has 1 aromatic rings. The van der Waals surface area contributed by atoms with Gasteiger partial charge in [0, 0.05) is 29.9 Å². The second-order valence-electron chi connectivity index (χ2n) is 4.00. The van der Waals surface area contributed by atoms with Crippen LogP contribution in [0.2, 0.25) is 5.02 Å². The van der Waals surface area contributed by atoms with Gasteiger partial charge in [-0.25, -0.2) is 0 Å². The van der Waals surface area contributed by atoms with Gasteiger partial charge in [-0.3, -0.25) is 4.79 Å². The van der Waals surface area contributed by atoms with Crippen LogP contribution in [0, 0.1) is 0 Å². The molecule has 1 aromatic carbocycles. The van der Waals surface area contributed by atoms with E-state index in [2.05, 4.69) is 0 Å². The molecule has 0 amide bonds. The van der Waals surface area contributed by atoms with Crippen molar-refractivity contribution in [2.24, 2.45) is 5.73 Å². The zero-order valence-corrected chi connectivity index (χ0v) is 12.6. The van der Waals surface area contributed by atoms with Gasteiger partial charge in [0.1, 0.15) is 4.99 Å². The van der Waals surface area contributed by atoms with E-state index in [1.54, 1.807) is 25.1 Å². The van der Waals surface area contributed by atoms with E-state index in [1.165, 1.54) is 0 Å². The summed E-state index contributed by atoms with van der Waals surface area (Å²) in [6.07, 6.45) is 0.299. The topological polar surface area (TPSA) is 55.6 Å². The summed E-state index contributed by atoms with van der Waals surface area (Å²) >= 11 is 11.0. The molecule has 0 saturated heterocycles. The SMILES string of the molecule is CCOC(=O)CCN(C)c1cc(Cl)ccc1C(N)=S. The molecule has 0 heterocycles. The number of hydrogen-bond acceptors (Lipinski definition) is 4. The maximum absolute atomic E-state index is 11.3. The van der Waals surface area contributed by atoms with E-state index in [9.17, 15) is 4.79 Å². The molecule has 0 saturated carbocycles. The summed E-state index contributed by atoms with van der Waals surface area (Å²) < 4.78 is 4.89. The Morgan fingerprint density at radius 2 is 2.21 bits per heavy atom. The van der Waals surface area contributed by atoms with Crippen LogP contribution < -0.4 is 10.6 Å². The number of benzene rings is 1. The van der Waals surface area contributed by atoms with Crippen molar-refractivity contribution in [3.05, 3.63) is 28.8 Å². The molecule has 6 heteroatoms. The van der Waals surface area contributed by atoms with E-state index in [-0.39, 0.29) is 5.97 Å². The maximum Gasteiger partial charge on any atom is 0.307 e. The average Bonchev–Trinajstić information content (AvgIpc) is 2.35. The smallest absolute Gasteiger partial charge is 0.307 e. The highest BCUT2D eigenvalue weighted by Crippen LogP contribution is 2.24. The first kappa shape index (κ1) is 15.7. The molecular formula is C13H17ClN2O2S. The first-order valence-electron chi connectivity index (χ1n) is 5.91. The molecule has 0 unspecified atom stereocenters. The molecule has 0 spiro atoms. The Labute approximate surface area is 123 Å². The molecule has 0 aliphatic heterocycles. The van der Waals surface area contributed by atoms with E-state index in [0.29, 0.717) is 29.6 Å². The van der Waals surface area contributed by atoms with Crippen LogP contribution >= 0.6 is 23.8 Å². The van der Waals surface area contributed by atoms with E-state index >= 15 is 0 Å². The van der Waals surface area contributed by atoms with Crippen molar-refractivity contribution in [2.45, 2.75) is 13.3 Å². The molecule has 4 nitrogen and oxygen atoms in total. The highest BCUT2D eigenvalue weighted by Gasteiger charge is 2.12. The minimum absolute atomic E-state index is 0.228. The summed E-state index contributed by atoms with van der Waals surface area (Å²) in [6.45, 7) is 2.68. The summed E-state index contributed by atoms with van der Waals surface area (Å²) in [4.78, 5) is 13.5.